The van der Waals surface area contributed by atoms with Gasteiger partial charge in [-0.25, -0.2) is 10.9 Å². The van der Waals surface area contributed by atoms with E-state index < -0.39 is 5.24 Å². The summed E-state index contributed by atoms with van der Waals surface area (Å²) in [6, 6.07) is 6.89. The minimum absolute atomic E-state index is 0.450. The molecule has 0 aromatic heterocycles. The average molecular weight is 356 g/mol. The zero-order valence-electron chi connectivity index (χ0n) is 14.8. The molecule has 0 unspecified atom stereocenters. The topological polar surface area (TPSA) is 53.6 Å². The van der Waals surface area contributed by atoms with Crippen LogP contribution in [0.3, 0.4) is 0 Å². The number of hydrogen-bond acceptors (Lipinski definition) is 5. The second kappa shape index (κ2) is 13.2. The Morgan fingerprint density at radius 1 is 1.04 bits per heavy atom. The summed E-state index contributed by atoms with van der Waals surface area (Å²) in [7, 11) is 0. The van der Waals surface area contributed by atoms with Crippen LogP contribution in [0.15, 0.2) is 24.3 Å². The van der Waals surface area contributed by atoms with Gasteiger partial charge in [0.25, 0.3) is 5.24 Å². The van der Waals surface area contributed by atoms with Crippen molar-refractivity contribution in [3.05, 3.63) is 29.8 Å². The van der Waals surface area contributed by atoms with Gasteiger partial charge in [0.2, 0.25) is 0 Å². The molecule has 0 aliphatic rings. The summed E-state index contributed by atoms with van der Waals surface area (Å²) in [5.74, 6) is 0.751. The zero-order valence-corrected chi connectivity index (χ0v) is 15.6. The molecule has 1 aromatic carbocycles. The SMILES string of the molecule is CCCCNN(CCCOc1ccc(C(=O)Cl)cc1)NCCCC. The zero-order chi connectivity index (χ0) is 17.6. The number of ether oxygens (including phenoxy) is 1. The summed E-state index contributed by atoms with van der Waals surface area (Å²) in [4.78, 5) is 11.0. The van der Waals surface area contributed by atoms with Gasteiger partial charge in [-0.05, 0) is 55.1 Å². The number of halogens is 1. The van der Waals surface area contributed by atoms with Gasteiger partial charge in [0.05, 0.1) is 6.61 Å². The number of nitrogens with zero attached hydrogens (tertiary/aromatic N) is 1. The van der Waals surface area contributed by atoms with E-state index in [9.17, 15) is 4.79 Å². The largest absolute Gasteiger partial charge is 0.494 e. The van der Waals surface area contributed by atoms with Crippen LogP contribution in [0.1, 0.15) is 56.3 Å². The molecule has 24 heavy (non-hydrogen) atoms. The van der Waals surface area contributed by atoms with Gasteiger partial charge in [0.15, 0.2) is 0 Å². The molecule has 0 amide bonds. The Labute approximate surface area is 150 Å². The van der Waals surface area contributed by atoms with Crippen LogP contribution in [-0.4, -0.2) is 36.6 Å². The second-order valence-corrected chi connectivity index (χ2v) is 6.02. The molecule has 0 radical (unpaired) electrons. The van der Waals surface area contributed by atoms with Crippen LogP contribution in [0, 0.1) is 0 Å². The van der Waals surface area contributed by atoms with E-state index in [1.165, 1.54) is 12.8 Å². The maximum absolute atomic E-state index is 11.0. The Balaban J connectivity index is 2.27. The highest BCUT2D eigenvalue weighted by atomic mass is 35.5. The Morgan fingerprint density at radius 2 is 1.62 bits per heavy atom. The molecule has 0 spiro atoms. The number of unbranched alkanes of at least 4 members (excludes halogenated alkanes) is 2. The van der Waals surface area contributed by atoms with Gasteiger partial charge in [-0.15, -0.1) is 0 Å². The van der Waals surface area contributed by atoms with Crippen LogP contribution in [-0.2, 0) is 0 Å². The first-order valence-corrected chi connectivity index (χ1v) is 9.22. The second-order valence-electron chi connectivity index (χ2n) is 5.68. The van der Waals surface area contributed by atoms with Crippen LogP contribution in [0.4, 0.5) is 0 Å². The predicted molar refractivity (Wildman–Crippen MR) is 99.3 cm³/mol. The lowest BCUT2D eigenvalue weighted by Crippen LogP contribution is -2.49. The molecule has 0 saturated carbocycles. The molecule has 0 aliphatic carbocycles. The number of carbonyl (C=O) groups is 1. The van der Waals surface area contributed by atoms with Crippen LogP contribution < -0.4 is 15.6 Å². The molecule has 6 heteroatoms. The fourth-order valence-corrected chi connectivity index (χ4v) is 2.22. The van der Waals surface area contributed by atoms with Crippen molar-refractivity contribution in [2.75, 3.05) is 26.2 Å². The summed E-state index contributed by atoms with van der Waals surface area (Å²) >= 11 is 5.42. The van der Waals surface area contributed by atoms with Crippen molar-refractivity contribution in [3.63, 3.8) is 0 Å². The summed E-state index contributed by atoms with van der Waals surface area (Å²) in [6.45, 7) is 7.82. The smallest absolute Gasteiger partial charge is 0.252 e. The summed E-state index contributed by atoms with van der Waals surface area (Å²) < 4.78 is 5.71. The number of hydrazine groups is 2. The third kappa shape index (κ3) is 9.23. The molecular weight excluding hydrogens is 326 g/mol. The van der Waals surface area contributed by atoms with E-state index in [0.717, 1.165) is 44.6 Å². The lowest BCUT2D eigenvalue weighted by molar-refractivity contribution is 0.103. The van der Waals surface area contributed by atoms with Gasteiger partial charge in [-0.3, -0.25) is 4.79 Å². The maximum Gasteiger partial charge on any atom is 0.252 e. The van der Waals surface area contributed by atoms with Gasteiger partial charge in [-0.1, -0.05) is 26.7 Å². The molecule has 0 saturated heterocycles. The fourth-order valence-electron chi connectivity index (χ4n) is 2.09. The van der Waals surface area contributed by atoms with Gasteiger partial charge >= 0.3 is 0 Å². The van der Waals surface area contributed by atoms with Gasteiger partial charge in [0.1, 0.15) is 5.75 Å². The van der Waals surface area contributed by atoms with Crippen LogP contribution in [0.5, 0.6) is 5.75 Å². The lowest BCUT2D eigenvalue weighted by Gasteiger charge is -2.24. The normalized spacial score (nSPS) is 11.0. The van der Waals surface area contributed by atoms with E-state index in [0.29, 0.717) is 12.2 Å². The Bertz CT molecular complexity index is 444. The molecule has 0 atom stereocenters. The minimum atomic E-state index is -0.450. The van der Waals surface area contributed by atoms with E-state index in [2.05, 4.69) is 29.8 Å². The monoisotopic (exact) mass is 355 g/mol. The third-order valence-corrected chi connectivity index (χ3v) is 3.76. The summed E-state index contributed by atoms with van der Waals surface area (Å²) in [5.41, 5.74) is 7.31. The summed E-state index contributed by atoms with van der Waals surface area (Å²) in [5, 5.41) is 1.62. The average Bonchev–Trinajstić information content (AvgIpc) is 2.59. The minimum Gasteiger partial charge on any atom is -0.494 e. The molecule has 1 aromatic rings. The molecule has 136 valence electrons. The Hall–Kier alpha value is -1.14. The summed E-state index contributed by atoms with van der Waals surface area (Å²) in [6.07, 6.45) is 5.58. The van der Waals surface area contributed by atoms with Crippen molar-refractivity contribution >= 4 is 16.8 Å². The van der Waals surface area contributed by atoms with Crippen molar-refractivity contribution in [1.29, 1.82) is 0 Å². The third-order valence-electron chi connectivity index (χ3n) is 3.54. The van der Waals surface area contributed by atoms with Crippen molar-refractivity contribution < 1.29 is 9.53 Å². The van der Waals surface area contributed by atoms with Crippen molar-refractivity contribution in [1.82, 2.24) is 16.0 Å². The number of hydrogen-bond donors (Lipinski definition) is 2. The van der Waals surface area contributed by atoms with E-state index >= 15 is 0 Å². The van der Waals surface area contributed by atoms with E-state index in [-0.39, 0.29) is 0 Å². The lowest BCUT2D eigenvalue weighted by atomic mass is 10.2. The maximum atomic E-state index is 11.0. The van der Waals surface area contributed by atoms with Crippen LogP contribution in [0.2, 0.25) is 0 Å². The molecule has 0 aliphatic heterocycles. The quantitative estimate of drug-likeness (QED) is 0.302. The first-order valence-electron chi connectivity index (χ1n) is 8.84. The molecule has 0 heterocycles. The highest BCUT2D eigenvalue weighted by Crippen LogP contribution is 2.13. The highest BCUT2D eigenvalue weighted by Gasteiger charge is 2.04. The predicted octanol–water partition coefficient (Wildman–Crippen LogP) is 3.75. The van der Waals surface area contributed by atoms with E-state index in [1.807, 2.05) is 0 Å². The standard InChI is InChI=1S/C18H30ClN3O2/c1-3-5-12-20-22(21-13-6-4-2)14-7-15-24-17-10-8-16(9-11-17)18(19)23/h8-11,20-21H,3-7,12-15H2,1-2H3. The Kier molecular flexibility index (Phi) is 11.5. The fraction of sp³-hybridized carbons (Fsp3) is 0.611. The first kappa shape index (κ1) is 20.9. The number of carbonyl (C=O) groups excluding carboxylic acids is 1. The Morgan fingerprint density at radius 3 is 2.12 bits per heavy atom. The van der Waals surface area contributed by atoms with Crippen molar-refractivity contribution in [3.8, 4) is 5.75 Å². The number of nitrogens with one attached hydrogen (secondary N) is 2. The molecular formula is C18H30ClN3O2. The molecule has 0 fully saturated rings. The van der Waals surface area contributed by atoms with Crippen LogP contribution >= 0.6 is 11.6 Å². The number of benzene rings is 1. The molecule has 2 N–H and O–H groups in total. The molecule has 1 rings (SSSR count). The van der Waals surface area contributed by atoms with Crippen molar-refractivity contribution in [2.24, 2.45) is 0 Å². The molecule has 5 nitrogen and oxygen atoms in total. The van der Waals surface area contributed by atoms with E-state index in [1.54, 1.807) is 24.3 Å². The van der Waals surface area contributed by atoms with Crippen LogP contribution in [0.25, 0.3) is 0 Å². The van der Waals surface area contributed by atoms with Crippen molar-refractivity contribution in [2.45, 2.75) is 46.0 Å². The molecule has 0 bridgehead atoms. The van der Waals surface area contributed by atoms with Gasteiger partial charge in [-0.2, -0.15) is 5.12 Å². The van der Waals surface area contributed by atoms with E-state index in [4.69, 9.17) is 16.3 Å². The number of rotatable bonds is 14. The first-order chi connectivity index (χ1) is 11.7. The van der Waals surface area contributed by atoms with Gasteiger partial charge < -0.3 is 4.74 Å². The highest BCUT2D eigenvalue weighted by molar-refractivity contribution is 6.67. The van der Waals surface area contributed by atoms with Gasteiger partial charge in [0, 0.05) is 25.2 Å².